The van der Waals surface area contributed by atoms with Crippen molar-refractivity contribution < 1.29 is 4.39 Å². The molecular formula is C11H9ClFN3OS. The van der Waals surface area contributed by atoms with Crippen molar-refractivity contribution in [2.45, 2.75) is 17.8 Å². The minimum Gasteiger partial charge on any atom is -0.298 e. The first-order valence-electron chi connectivity index (χ1n) is 5.07. The number of nitrogens with one attached hydrogen (secondary N) is 1. The fourth-order valence-corrected chi connectivity index (χ4v) is 2.40. The highest BCUT2D eigenvalue weighted by atomic mass is 35.5. The molecule has 7 heteroatoms. The Bertz CT molecular complexity index is 612. The Morgan fingerprint density at radius 3 is 2.89 bits per heavy atom. The van der Waals surface area contributed by atoms with E-state index in [4.69, 9.17) is 11.6 Å². The van der Waals surface area contributed by atoms with Gasteiger partial charge < -0.3 is 0 Å². The van der Waals surface area contributed by atoms with Crippen LogP contribution >= 0.6 is 23.4 Å². The van der Waals surface area contributed by atoms with Gasteiger partial charge in [-0.05, 0) is 19.1 Å². The number of thioether (sulfide) groups is 1. The van der Waals surface area contributed by atoms with Gasteiger partial charge in [0, 0.05) is 16.3 Å². The number of aromatic amines is 1. The van der Waals surface area contributed by atoms with Crippen LogP contribution < -0.4 is 5.56 Å². The number of rotatable bonds is 3. The summed E-state index contributed by atoms with van der Waals surface area (Å²) in [6.45, 7) is 1.56. The van der Waals surface area contributed by atoms with Crippen LogP contribution in [0.25, 0.3) is 0 Å². The highest BCUT2D eigenvalue weighted by Gasteiger charge is 2.09. The van der Waals surface area contributed by atoms with Gasteiger partial charge in [0.2, 0.25) is 0 Å². The molecule has 0 saturated carbocycles. The summed E-state index contributed by atoms with van der Waals surface area (Å²) in [5.74, 6) is -0.100. The van der Waals surface area contributed by atoms with E-state index in [1.54, 1.807) is 19.1 Å². The molecule has 0 aliphatic rings. The molecule has 1 aromatic carbocycles. The second kappa shape index (κ2) is 5.49. The number of aromatic nitrogens is 3. The third kappa shape index (κ3) is 2.88. The van der Waals surface area contributed by atoms with Crippen molar-refractivity contribution >= 4 is 23.4 Å². The normalized spacial score (nSPS) is 10.6. The summed E-state index contributed by atoms with van der Waals surface area (Å²) in [6.07, 6.45) is 0. The van der Waals surface area contributed by atoms with Crippen LogP contribution in [0.15, 0.2) is 28.2 Å². The lowest BCUT2D eigenvalue weighted by Gasteiger charge is -2.04. The molecule has 0 radical (unpaired) electrons. The number of hydrogen-bond donors (Lipinski definition) is 1. The summed E-state index contributed by atoms with van der Waals surface area (Å²) in [6, 6.07) is 4.49. The average Bonchev–Trinajstić information content (AvgIpc) is 2.33. The largest absolute Gasteiger partial charge is 0.298 e. The van der Waals surface area contributed by atoms with Crippen LogP contribution in [-0.4, -0.2) is 15.2 Å². The predicted octanol–water partition coefficient (Wildman–Crippen LogP) is 2.56. The molecule has 2 aromatic rings. The van der Waals surface area contributed by atoms with Gasteiger partial charge in [-0.2, -0.15) is 0 Å². The number of hydrogen-bond acceptors (Lipinski definition) is 4. The average molecular weight is 286 g/mol. The van der Waals surface area contributed by atoms with Gasteiger partial charge in [0.05, 0.1) is 0 Å². The van der Waals surface area contributed by atoms with Gasteiger partial charge in [0.15, 0.2) is 5.16 Å². The van der Waals surface area contributed by atoms with Crippen molar-refractivity contribution in [3.8, 4) is 0 Å². The topological polar surface area (TPSA) is 58.6 Å². The lowest BCUT2D eigenvalue weighted by atomic mass is 10.2. The molecular weight excluding hydrogens is 277 g/mol. The SMILES string of the molecule is Cc1nnc(SCc2c(F)cccc2Cl)[nH]c1=O. The van der Waals surface area contributed by atoms with Crippen LogP contribution in [0.2, 0.25) is 5.02 Å². The molecule has 1 N–H and O–H groups in total. The summed E-state index contributed by atoms with van der Waals surface area (Å²) in [4.78, 5) is 13.9. The summed E-state index contributed by atoms with van der Waals surface area (Å²) >= 11 is 7.06. The van der Waals surface area contributed by atoms with E-state index in [2.05, 4.69) is 15.2 Å². The Labute approximate surface area is 112 Å². The van der Waals surface area contributed by atoms with Crippen molar-refractivity contribution in [2.75, 3.05) is 0 Å². The van der Waals surface area contributed by atoms with Gasteiger partial charge in [-0.25, -0.2) is 4.39 Å². The van der Waals surface area contributed by atoms with Gasteiger partial charge >= 0.3 is 0 Å². The second-order valence-corrected chi connectivity index (χ2v) is 4.90. The molecule has 0 saturated heterocycles. The predicted molar refractivity (Wildman–Crippen MR) is 68.4 cm³/mol. The summed E-state index contributed by atoms with van der Waals surface area (Å²) in [5.41, 5.74) is 0.378. The van der Waals surface area contributed by atoms with Crippen molar-refractivity contribution in [1.29, 1.82) is 0 Å². The molecule has 94 valence electrons. The van der Waals surface area contributed by atoms with E-state index in [0.29, 0.717) is 21.4 Å². The van der Waals surface area contributed by atoms with E-state index < -0.39 is 0 Å². The van der Waals surface area contributed by atoms with Crippen LogP contribution in [0.4, 0.5) is 4.39 Å². The minimum atomic E-state index is -0.377. The van der Waals surface area contributed by atoms with Crippen LogP contribution in [0.1, 0.15) is 11.3 Å². The summed E-state index contributed by atoms with van der Waals surface area (Å²) in [5, 5.41) is 8.19. The quantitative estimate of drug-likeness (QED) is 0.881. The Kier molecular flexibility index (Phi) is 3.98. The third-order valence-electron chi connectivity index (χ3n) is 2.25. The van der Waals surface area contributed by atoms with E-state index in [-0.39, 0.29) is 17.1 Å². The van der Waals surface area contributed by atoms with Gasteiger partial charge in [0.25, 0.3) is 5.56 Å². The number of aryl methyl sites for hydroxylation is 1. The van der Waals surface area contributed by atoms with Crippen molar-refractivity contribution in [3.63, 3.8) is 0 Å². The first kappa shape index (κ1) is 13.0. The molecule has 0 atom stereocenters. The molecule has 0 amide bonds. The highest BCUT2D eigenvalue weighted by Crippen LogP contribution is 2.25. The first-order valence-corrected chi connectivity index (χ1v) is 6.43. The molecule has 0 aliphatic carbocycles. The maximum absolute atomic E-state index is 13.5. The molecule has 18 heavy (non-hydrogen) atoms. The lowest BCUT2D eigenvalue weighted by Crippen LogP contribution is -2.14. The van der Waals surface area contributed by atoms with Gasteiger partial charge in [-0.15, -0.1) is 10.2 Å². The van der Waals surface area contributed by atoms with Crippen LogP contribution in [0.3, 0.4) is 0 Å². The number of nitrogens with zero attached hydrogens (tertiary/aromatic N) is 2. The lowest BCUT2D eigenvalue weighted by molar-refractivity contribution is 0.617. The Hall–Kier alpha value is -1.40. The Morgan fingerprint density at radius 2 is 2.22 bits per heavy atom. The van der Waals surface area contributed by atoms with Crippen LogP contribution in [-0.2, 0) is 5.75 Å². The molecule has 0 unspecified atom stereocenters. The number of benzene rings is 1. The molecule has 0 bridgehead atoms. The Morgan fingerprint density at radius 1 is 1.44 bits per heavy atom. The van der Waals surface area contributed by atoms with Gasteiger partial charge in [0.1, 0.15) is 11.5 Å². The highest BCUT2D eigenvalue weighted by molar-refractivity contribution is 7.98. The maximum atomic E-state index is 13.5. The molecule has 1 aromatic heterocycles. The fraction of sp³-hybridized carbons (Fsp3) is 0.182. The fourth-order valence-electron chi connectivity index (χ4n) is 1.25. The summed E-state index contributed by atoms with van der Waals surface area (Å²) in [7, 11) is 0. The number of H-pyrrole nitrogens is 1. The summed E-state index contributed by atoms with van der Waals surface area (Å²) < 4.78 is 13.5. The smallest absolute Gasteiger partial charge is 0.273 e. The van der Waals surface area contributed by atoms with Gasteiger partial charge in [-0.1, -0.05) is 29.4 Å². The van der Waals surface area contributed by atoms with E-state index in [9.17, 15) is 9.18 Å². The monoisotopic (exact) mass is 285 g/mol. The standard InChI is InChI=1S/C11H9ClFN3OS/c1-6-10(17)14-11(16-15-6)18-5-7-8(12)3-2-4-9(7)13/h2-4H,5H2,1H3,(H,14,16,17). The molecule has 2 rings (SSSR count). The third-order valence-corrected chi connectivity index (χ3v) is 3.50. The molecule has 4 nitrogen and oxygen atoms in total. The number of halogens is 2. The second-order valence-electron chi connectivity index (χ2n) is 3.53. The molecule has 0 fully saturated rings. The first-order chi connectivity index (χ1) is 8.58. The Balaban J connectivity index is 2.16. The van der Waals surface area contributed by atoms with Crippen molar-refractivity contribution in [2.24, 2.45) is 0 Å². The van der Waals surface area contributed by atoms with Crippen LogP contribution in [0.5, 0.6) is 0 Å². The molecule has 0 spiro atoms. The van der Waals surface area contributed by atoms with E-state index in [1.165, 1.54) is 17.8 Å². The van der Waals surface area contributed by atoms with Crippen LogP contribution in [0, 0.1) is 12.7 Å². The van der Waals surface area contributed by atoms with Crippen molar-refractivity contribution in [3.05, 3.63) is 50.7 Å². The van der Waals surface area contributed by atoms with E-state index in [0.717, 1.165) is 0 Å². The molecule has 1 heterocycles. The zero-order chi connectivity index (χ0) is 13.1. The minimum absolute atomic E-state index is 0.277. The van der Waals surface area contributed by atoms with E-state index in [1.807, 2.05) is 0 Å². The van der Waals surface area contributed by atoms with Crippen molar-refractivity contribution in [1.82, 2.24) is 15.2 Å². The zero-order valence-corrected chi connectivity index (χ0v) is 11.0. The van der Waals surface area contributed by atoms with E-state index >= 15 is 0 Å². The van der Waals surface area contributed by atoms with Gasteiger partial charge in [-0.3, -0.25) is 9.78 Å². The molecule has 0 aliphatic heterocycles. The zero-order valence-electron chi connectivity index (χ0n) is 9.41. The maximum Gasteiger partial charge on any atom is 0.273 e.